The number of benzene rings is 3. The van der Waals surface area contributed by atoms with Gasteiger partial charge in [-0.1, -0.05) is 39.7 Å². The second kappa shape index (κ2) is 10.2. The fourth-order valence-electron chi connectivity index (χ4n) is 2.91. The van der Waals surface area contributed by atoms with Crippen LogP contribution < -0.4 is 14.4 Å². The van der Waals surface area contributed by atoms with Gasteiger partial charge in [0, 0.05) is 10.5 Å². The smallest absolute Gasteiger partial charge is 0.289 e. The summed E-state index contributed by atoms with van der Waals surface area (Å²) in [5.74, 6) is -0.244. The molecule has 1 amide bonds. The maximum atomic E-state index is 13.5. The molecule has 3 aromatic carbocycles. The van der Waals surface area contributed by atoms with E-state index in [1.807, 2.05) is 0 Å². The molecule has 172 valence electrons. The Bertz CT molecular complexity index is 1300. The van der Waals surface area contributed by atoms with Crippen LogP contribution in [0, 0.1) is 10.1 Å². The second-order valence-corrected chi connectivity index (χ2v) is 9.79. The molecular weight excluding hydrogens is 538 g/mol. The fraction of sp³-hybridized carbons (Fsp3) is 0.0952. The SMILES string of the molecule is COc1ccccc1NC(=O)CN(c1ccc(Br)cc1)S(=O)(=O)c1ccc(Cl)c([N+](=O)[O-])c1. The lowest BCUT2D eigenvalue weighted by Crippen LogP contribution is -2.38. The van der Waals surface area contributed by atoms with E-state index in [0.717, 1.165) is 22.5 Å². The number of hydrogen-bond donors (Lipinski definition) is 1. The van der Waals surface area contributed by atoms with Gasteiger partial charge in [-0.05, 0) is 48.5 Å². The normalized spacial score (nSPS) is 11.0. The number of halogens is 2. The summed E-state index contributed by atoms with van der Waals surface area (Å²) in [4.78, 5) is 22.9. The number of methoxy groups -OCH3 is 1. The Hall–Kier alpha value is -3.15. The molecule has 9 nitrogen and oxygen atoms in total. The fourth-order valence-corrected chi connectivity index (χ4v) is 4.80. The number of carbonyl (C=O) groups is 1. The monoisotopic (exact) mass is 553 g/mol. The van der Waals surface area contributed by atoms with Crippen molar-refractivity contribution < 1.29 is 22.9 Å². The molecule has 1 N–H and O–H groups in total. The first-order chi connectivity index (χ1) is 15.6. The summed E-state index contributed by atoms with van der Waals surface area (Å²) in [6, 6.07) is 16.0. The van der Waals surface area contributed by atoms with E-state index in [2.05, 4.69) is 21.2 Å². The molecule has 0 radical (unpaired) electrons. The van der Waals surface area contributed by atoms with Crippen molar-refractivity contribution in [1.29, 1.82) is 0 Å². The largest absolute Gasteiger partial charge is 0.495 e. The first kappa shape index (κ1) is 24.5. The number of anilines is 2. The predicted octanol–water partition coefficient (Wildman–Crippen LogP) is 4.85. The van der Waals surface area contributed by atoms with Gasteiger partial charge < -0.3 is 10.1 Å². The zero-order valence-corrected chi connectivity index (χ0v) is 20.2. The van der Waals surface area contributed by atoms with Gasteiger partial charge in [-0.2, -0.15) is 0 Å². The number of carbonyl (C=O) groups excluding carboxylic acids is 1. The minimum atomic E-state index is -4.38. The van der Waals surface area contributed by atoms with Gasteiger partial charge in [0.25, 0.3) is 15.7 Å². The summed E-state index contributed by atoms with van der Waals surface area (Å²) in [5, 5.41) is 13.7. The van der Waals surface area contributed by atoms with Gasteiger partial charge in [-0.25, -0.2) is 8.42 Å². The summed E-state index contributed by atoms with van der Waals surface area (Å²) in [6.45, 7) is -0.599. The molecule has 0 aromatic heterocycles. The maximum Gasteiger partial charge on any atom is 0.289 e. The van der Waals surface area contributed by atoms with Gasteiger partial charge in [-0.15, -0.1) is 0 Å². The van der Waals surface area contributed by atoms with Crippen LogP contribution in [0.4, 0.5) is 17.1 Å². The van der Waals surface area contributed by atoms with Crippen LogP contribution in [-0.2, 0) is 14.8 Å². The highest BCUT2D eigenvalue weighted by molar-refractivity contribution is 9.10. The lowest BCUT2D eigenvalue weighted by Gasteiger charge is -2.24. The molecule has 3 rings (SSSR count). The molecule has 0 heterocycles. The second-order valence-electron chi connectivity index (χ2n) is 6.61. The first-order valence-corrected chi connectivity index (χ1v) is 11.9. The molecule has 33 heavy (non-hydrogen) atoms. The molecule has 0 aliphatic carbocycles. The Morgan fingerprint density at radius 2 is 1.82 bits per heavy atom. The molecule has 0 bridgehead atoms. The minimum Gasteiger partial charge on any atom is -0.495 e. The standard InChI is InChI=1S/C21H17BrClN3O6S/c1-32-20-5-3-2-4-18(20)24-21(27)13-25(15-8-6-14(22)7-9-15)33(30,31)16-10-11-17(23)19(12-16)26(28)29/h2-12H,13H2,1H3,(H,24,27). The predicted molar refractivity (Wildman–Crippen MR) is 128 cm³/mol. The quantitative estimate of drug-likeness (QED) is 0.314. The van der Waals surface area contributed by atoms with Gasteiger partial charge in [0.1, 0.15) is 17.3 Å². The highest BCUT2D eigenvalue weighted by atomic mass is 79.9. The van der Waals surface area contributed by atoms with Crippen LogP contribution in [0.2, 0.25) is 5.02 Å². The highest BCUT2D eigenvalue weighted by Crippen LogP contribution is 2.31. The summed E-state index contributed by atoms with van der Waals surface area (Å²) in [5.41, 5.74) is -0.0155. The average Bonchev–Trinajstić information content (AvgIpc) is 2.78. The van der Waals surface area contributed by atoms with Crippen LogP contribution in [0.25, 0.3) is 0 Å². The number of nitrogens with one attached hydrogen (secondary N) is 1. The highest BCUT2D eigenvalue weighted by Gasteiger charge is 2.29. The van der Waals surface area contributed by atoms with Crippen LogP contribution in [0.15, 0.2) is 76.1 Å². The average molecular weight is 555 g/mol. The Labute approximate surface area is 203 Å². The molecular formula is C21H17BrClN3O6S. The van der Waals surface area contributed by atoms with Gasteiger partial charge in [-0.3, -0.25) is 19.2 Å². The van der Waals surface area contributed by atoms with E-state index in [9.17, 15) is 23.3 Å². The topological polar surface area (TPSA) is 119 Å². The Morgan fingerprint density at radius 3 is 2.45 bits per heavy atom. The molecule has 0 aliphatic rings. The first-order valence-electron chi connectivity index (χ1n) is 9.28. The number of sulfonamides is 1. The molecule has 3 aromatic rings. The Kier molecular flexibility index (Phi) is 7.57. The number of rotatable bonds is 8. The summed E-state index contributed by atoms with van der Waals surface area (Å²) < 4.78 is 33.7. The molecule has 0 fully saturated rings. The molecule has 0 saturated carbocycles. The zero-order valence-electron chi connectivity index (χ0n) is 17.1. The van der Waals surface area contributed by atoms with Crippen molar-refractivity contribution in [3.05, 3.63) is 86.3 Å². The summed E-state index contributed by atoms with van der Waals surface area (Å²) in [7, 11) is -2.94. The van der Waals surface area contributed by atoms with Gasteiger partial charge in [0.05, 0.1) is 28.3 Å². The van der Waals surface area contributed by atoms with Crippen LogP contribution >= 0.6 is 27.5 Å². The van der Waals surface area contributed by atoms with E-state index in [0.29, 0.717) is 15.9 Å². The van der Waals surface area contributed by atoms with Crippen molar-refractivity contribution in [2.45, 2.75) is 4.90 Å². The third kappa shape index (κ3) is 5.62. The number of para-hydroxylation sites is 2. The van der Waals surface area contributed by atoms with Crippen LogP contribution in [-0.4, -0.2) is 32.9 Å². The third-order valence-electron chi connectivity index (χ3n) is 4.49. The zero-order chi connectivity index (χ0) is 24.2. The van der Waals surface area contributed by atoms with Crippen molar-refractivity contribution in [2.24, 2.45) is 0 Å². The van der Waals surface area contributed by atoms with Crippen molar-refractivity contribution in [2.75, 3.05) is 23.3 Å². The Balaban J connectivity index is 2.01. The number of ether oxygens (including phenoxy) is 1. The lowest BCUT2D eigenvalue weighted by atomic mass is 10.3. The summed E-state index contributed by atoms with van der Waals surface area (Å²) >= 11 is 9.11. The number of amides is 1. The maximum absolute atomic E-state index is 13.5. The van der Waals surface area contributed by atoms with Crippen LogP contribution in [0.1, 0.15) is 0 Å². The van der Waals surface area contributed by atoms with E-state index in [1.165, 1.54) is 19.2 Å². The van der Waals surface area contributed by atoms with Gasteiger partial charge >= 0.3 is 0 Å². The molecule has 0 saturated heterocycles. The minimum absolute atomic E-state index is 0.186. The lowest BCUT2D eigenvalue weighted by molar-refractivity contribution is -0.384. The number of nitrogens with zero attached hydrogens (tertiary/aromatic N) is 2. The van der Waals surface area contributed by atoms with E-state index >= 15 is 0 Å². The molecule has 0 atom stereocenters. The van der Waals surface area contributed by atoms with E-state index in [4.69, 9.17) is 16.3 Å². The molecule has 0 spiro atoms. The van der Waals surface area contributed by atoms with Gasteiger partial charge in [0.15, 0.2) is 0 Å². The van der Waals surface area contributed by atoms with Crippen molar-refractivity contribution in [3.63, 3.8) is 0 Å². The summed E-state index contributed by atoms with van der Waals surface area (Å²) in [6.07, 6.45) is 0. The van der Waals surface area contributed by atoms with Crippen molar-refractivity contribution in [1.82, 2.24) is 0 Å². The van der Waals surface area contributed by atoms with E-state index < -0.39 is 33.1 Å². The number of nitro groups is 1. The molecule has 0 aliphatic heterocycles. The number of hydrogen-bond acceptors (Lipinski definition) is 6. The van der Waals surface area contributed by atoms with Crippen molar-refractivity contribution in [3.8, 4) is 5.75 Å². The number of nitro benzene ring substituents is 1. The van der Waals surface area contributed by atoms with Crippen LogP contribution in [0.5, 0.6) is 5.75 Å². The molecule has 12 heteroatoms. The van der Waals surface area contributed by atoms with Crippen LogP contribution in [0.3, 0.4) is 0 Å². The third-order valence-corrected chi connectivity index (χ3v) is 7.10. The van der Waals surface area contributed by atoms with Crippen molar-refractivity contribution >= 4 is 60.5 Å². The Morgan fingerprint density at radius 1 is 1.15 bits per heavy atom. The van der Waals surface area contributed by atoms with E-state index in [1.54, 1.807) is 36.4 Å². The van der Waals surface area contributed by atoms with E-state index in [-0.39, 0.29) is 15.6 Å². The molecule has 0 unspecified atom stereocenters. The van der Waals surface area contributed by atoms with Gasteiger partial charge in [0.2, 0.25) is 5.91 Å².